The Bertz CT molecular complexity index is 463. The predicted octanol–water partition coefficient (Wildman–Crippen LogP) is 1.09. The van der Waals surface area contributed by atoms with Crippen LogP contribution in [-0.2, 0) is 0 Å². The Labute approximate surface area is 113 Å². The molecule has 0 amide bonds. The maximum absolute atomic E-state index is 12.5. The molecular formula is C10H15F3N6O. The van der Waals surface area contributed by atoms with E-state index in [9.17, 15) is 13.2 Å². The van der Waals surface area contributed by atoms with Crippen LogP contribution in [0.15, 0.2) is 0 Å². The molecule has 1 aromatic rings. The predicted molar refractivity (Wildman–Crippen MR) is 65.2 cm³/mol. The number of hydrazine groups is 1. The molecule has 1 unspecified atom stereocenters. The molecule has 0 radical (unpaired) electrons. The van der Waals surface area contributed by atoms with Gasteiger partial charge in [-0.3, -0.25) is 5.43 Å². The summed E-state index contributed by atoms with van der Waals surface area (Å²) in [7, 11) is 0. The van der Waals surface area contributed by atoms with Crippen LogP contribution in [0.5, 0.6) is 6.01 Å². The lowest BCUT2D eigenvalue weighted by Crippen LogP contribution is -2.32. The van der Waals surface area contributed by atoms with Crippen molar-refractivity contribution in [3.05, 3.63) is 0 Å². The first-order valence-electron chi connectivity index (χ1n) is 6.11. The van der Waals surface area contributed by atoms with E-state index in [1.54, 1.807) is 0 Å². The first-order valence-corrected chi connectivity index (χ1v) is 6.11. The van der Waals surface area contributed by atoms with Gasteiger partial charge in [0.05, 0.1) is 0 Å². The molecule has 112 valence electrons. The molecular weight excluding hydrogens is 277 g/mol. The van der Waals surface area contributed by atoms with E-state index >= 15 is 0 Å². The smallest absolute Gasteiger partial charge is 0.425 e. The SMILES string of the molecule is CC(Oc1nc(NN)nc(N2CCCC2)n1)C(F)(F)F. The summed E-state index contributed by atoms with van der Waals surface area (Å²) in [6.07, 6.45) is -4.54. The second-order valence-electron chi connectivity index (χ2n) is 4.38. The number of halogens is 3. The minimum absolute atomic E-state index is 0.0359. The number of nitrogens with one attached hydrogen (secondary N) is 1. The number of anilines is 2. The highest BCUT2D eigenvalue weighted by atomic mass is 19.4. The minimum Gasteiger partial charge on any atom is -0.451 e. The van der Waals surface area contributed by atoms with Crippen LogP contribution < -0.4 is 20.9 Å². The van der Waals surface area contributed by atoms with Gasteiger partial charge in [-0.1, -0.05) is 0 Å². The van der Waals surface area contributed by atoms with E-state index in [1.807, 2.05) is 4.90 Å². The summed E-state index contributed by atoms with van der Waals surface area (Å²) in [5, 5.41) is 0. The van der Waals surface area contributed by atoms with Crippen molar-refractivity contribution in [2.24, 2.45) is 5.84 Å². The molecule has 2 rings (SSSR count). The van der Waals surface area contributed by atoms with E-state index in [4.69, 9.17) is 10.6 Å². The van der Waals surface area contributed by atoms with Crippen molar-refractivity contribution < 1.29 is 17.9 Å². The Hall–Kier alpha value is -1.84. The maximum Gasteiger partial charge on any atom is 0.425 e. The van der Waals surface area contributed by atoms with Gasteiger partial charge in [-0.2, -0.15) is 28.1 Å². The topological polar surface area (TPSA) is 89.2 Å². The number of nitrogen functional groups attached to an aromatic ring is 1. The Kier molecular flexibility index (Phi) is 4.12. The number of aromatic nitrogens is 3. The maximum atomic E-state index is 12.5. The van der Waals surface area contributed by atoms with E-state index in [1.165, 1.54) is 0 Å². The number of hydrogen-bond acceptors (Lipinski definition) is 7. The van der Waals surface area contributed by atoms with Gasteiger partial charge < -0.3 is 9.64 Å². The van der Waals surface area contributed by atoms with Gasteiger partial charge in [-0.25, -0.2) is 5.84 Å². The molecule has 10 heteroatoms. The summed E-state index contributed by atoms with van der Waals surface area (Å²) in [4.78, 5) is 13.4. The van der Waals surface area contributed by atoms with Crippen LogP contribution in [-0.4, -0.2) is 40.3 Å². The lowest BCUT2D eigenvalue weighted by molar-refractivity contribution is -0.190. The lowest BCUT2D eigenvalue weighted by Gasteiger charge is -2.19. The summed E-state index contributed by atoms with van der Waals surface area (Å²) < 4.78 is 42.1. The van der Waals surface area contributed by atoms with Gasteiger partial charge in [-0.15, -0.1) is 0 Å². The largest absolute Gasteiger partial charge is 0.451 e. The van der Waals surface area contributed by atoms with E-state index in [0.717, 1.165) is 32.9 Å². The fourth-order valence-electron chi connectivity index (χ4n) is 1.75. The summed E-state index contributed by atoms with van der Waals surface area (Å²) in [5.41, 5.74) is 2.19. The fraction of sp³-hybridized carbons (Fsp3) is 0.700. The highest BCUT2D eigenvalue weighted by Gasteiger charge is 2.38. The Morgan fingerprint density at radius 2 is 1.90 bits per heavy atom. The van der Waals surface area contributed by atoms with E-state index in [-0.39, 0.29) is 11.9 Å². The Balaban J connectivity index is 2.21. The zero-order chi connectivity index (χ0) is 14.8. The molecule has 0 aliphatic carbocycles. The van der Waals surface area contributed by atoms with Crippen LogP contribution >= 0.6 is 0 Å². The van der Waals surface area contributed by atoms with Crippen molar-refractivity contribution in [2.45, 2.75) is 32.0 Å². The van der Waals surface area contributed by atoms with E-state index in [0.29, 0.717) is 0 Å². The quantitative estimate of drug-likeness (QED) is 0.634. The van der Waals surface area contributed by atoms with E-state index in [2.05, 4.69) is 20.4 Å². The van der Waals surface area contributed by atoms with Crippen molar-refractivity contribution >= 4 is 11.9 Å². The van der Waals surface area contributed by atoms with Crippen LogP contribution in [0.25, 0.3) is 0 Å². The van der Waals surface area contributed by atoms with Gasteiger partial charge >= 0.3 is 12.2 Å². The lowest BCUT2D eigenvalue weighted by atomic mass is 10.4. The average Bonchev–Trinajstić information content (AvgIpc) is 2.91. The van der Waals surface area contributed by atoms with Crippen molar-refractivity contribution in [3.8, 4) is 6.01 Å². The molecule has 0 saturated carbocycles. The molecule has 2 heterocycles. The first-order chi connectivity index (χ1) is 9.40. The van der Waals surface area contributed by atoms with Crippen LogP contribution in [0.1, 0.15) is 19.8 Å². The normalized spacial score (nSPS) is 17.1. The molecule has 1 atom stereocenters. The van der Waals surface area contributed by atoms with Crippen molar-refractivity contribution in [2.75, 3.05) is 23.4 Å². The standard InChI is InChI=1S/C10H15F3N6O/c1-6(10(11,12)13)20-9-16-7(18-14)15-8(17-9)19-4-2-3-5-19/h6H,2-5,14H2,1H3,(H,15,16,17,18). The summed E-state index contributed by atoms with van der Waals surface area (Å²) in [6, 6.07) is -0.403. The molecule has 0 spiro atoms. The van der Waals surface area contributed by atoms with Crippen LogP contribution in [0.2, 0.25) is 0 Å². The molecule has 1 aliphatic heterocycles. The highest BCUT2D eigenvalue weighted by molar-refractivity contribution is 5.38. The molecule has 1 aliphatic rings. The van der Waals surface area contributed by atoms with Gasteiger partial charge in [0.2, 0.25) is 11.9 Å². The number of hydrogen-bond donors (Lipinski definition) is 2. The number of nitrogens with two attached hydrogens (primary N) is 1. The van der Waals surface area contributed by atoms with Crippen molar-refractivity contribution in [1.29, 1.82) is 0 Å². The Morgan fingerprint density at radius 3 is 2.45 bits per heavy atom. The van der Waals surface area contributed by atoms with Gasteiger partial charge in [0.15, 0.2) is 6.10 Å². The molecule has 1 fully saturated rings. The second kappa shape index (κ2) is 5.65. The molecule has 0 aromatic carbocycles. The molecule has 0 bridgehead atoms. The zero-order valence-corrected chi connectivity index (χ0v) is 10.8. The number of ether oxygens (including phenoxy) is 1. The molecule has 1 aromatic heterocycles. The third kappa shape index (κ3) is 3.38. The highest BCUT2D eigenvalue weighted by Crippen LogP contribution is 2.25. The van der Waals surface area contributed by atoms with Gasteiger partial charge in [0.1, 0.15) is 0 Å². The number of nitrogens with zero attached hydrogens (tertiary/aromatic N) is 4. The molecule has 3 N–H and O–H groups in total. The summed E-state index contributed by atoms with van der Waals surface area (Å²) in [5.74, 6) is 5.43. The molecule has 20 heavy (non-hydrogen) atoms. The van der Waals surface area contributed by atoms with E-state index < -0.39 is 18.3 Å². The molecule has 7 nitrogen and oxygen atoms in total. The summed E-state index contributed by atoms with van der Waals surface area (Å²) in [6.45, 7) is 2.36. The van der Waals surface area contributed by atoms with Gasteiger partial charge in [0.25, 0.3) is 0 Å². The van der Waals surface area contributed by atoms with Crippen LogP contribution in [0, 0.1) is 0 Å². The number of alkyl halides is 3. The zero-order valence-electron chi connectivity index (χ0n) is 10.8. The second-order valence-corrected chi connectivity index (χ2v) is 4.38. The minimum atomic E-state index is -4.49. The van der Waals surface area contributed by atoms with Crippen LogP contribution in [0.3, 0.4) is 0 Å². The van der Waals surface area contributed by atoms with Crippen molar-refractivity contribution in [1.82, 2.24) is 15.0 Å². The fourth-order valence-corrected chi connectivity index (χ4v) is 1.75. The number of rotatable bonds is 4. The summed E-state index contributed by atoms with van der Waals surface area (Å²) >= 11 is 0. The van der Waals surface area contributed by atoms with Crippen molar-refractivity contribution in [3.63, 3.8) is 0 Å². The monoisotopic (exact) mass is 292 g/mol. The first kappa shape index (κ1) is 14.6. The molecule has 1 saturated heterocycles. The van der Waals surface area contributed by atoms with Crippen LogP contribution in [0.4, 0.5) is 25.1 Å². The van der Waals surface area contributed by atoms with Gasteiger partial charge in [-0.05, 0) is 19.8 Å². The average molecular weight is 292 g/mol. The van der Waals surface area contributed by atoms with Gasteiger partial charge in [0, 0.05) is 13.1 Å². The third-order valence-corrected chi connectivity index (χ3v) is 2.86. The third-order valence-electron chi connectivity index (χ3n) is 2.86. The Morgan fingerprint density at radius 1 is 1.25 bits per heavy atom.